The van der Waals surface area contributed by atoms with Crippen LogP contribution >= 0.6 is 0 Å². The molecule has 0 saturated carbocycles. The van der Waals surface area contributed by atoms with Crippen LogP contribution in [0.15, 0.2) is 59.0 Å². The van der Waals surface area contributed by atoms with E-state index in [0.29, 0.717) is 6.42 Å². The van der Waals surface area contributed by atoms with Gasteiger partial charge in [0, 0.05) is 11.4 Å². The molecule has 0 radical (unpaired) electrons. The summed E-state index contributed by atoms with van der Waals surface area (Å²) in [7, 11) is 0. The molecule has 106 valence electrons. The van der Waals surface area contributed by atoms with Gasteiger partial charge in [-0.3, -0.25) is 0 Å². The van der Waals surface area contributed by atoms with Crippen molar-refractivity contribution in [2.75, 3.05) is 0 Å². The van der Waals surface area contributed by atoms with Crippen molar-refractivity contribution in [3.8, 4) is 0 Å². The Kier molecular flexibility index (Phi) is 5.53. The van der Waals surface area contributed by atoms with Gasteiger partial charge in [0.05, 0.1) is 11.1 Å². The van der Waals surface area contributed by atoms with Gasteiger partial charge in [0.1, 0.15) is 0 Å². The summed E-state index contributed by atoms with van der Waals surface area (Å²) in [6.45, 7) is 3.33. The first kappa shape index (κ1) is 15.5. The van der Waals surface area contributed by atoms with Crippen molar-refractivity contribution in [3.05, 3.63) is 59.0 Å². The maximum Gasteiger partial charge on any atom is 0.348 e. The van der Waals surface area contributed by atoms with E-state index in [4.69, 9.17) is 16.2 Å². The minimum absolute atomic E-state index is 0.146. The quantitative estimate of drug-likeness (QED) is 0.353. The minimum atomic E-state index is -0.796. The van der Waals surface area contributed by atoms with Gasteiger partial charge in [-0.05, 0) is 26.3 Å². The van der Waals surface area contributed by atoms with Crippen LogP contribution in [0.25, 0.3) is 0 Å². The van der Waals surface area contributed by atoms with E-state index in [1.165, 1.54) is 12.2 Å². The molecule has 0 heterocycles. The number of allylic oxidation sites excluding steroid dienone is 6. The van der Waals surface area contributed by atoms with Gasteiger partial charge < -0.3 is 16.2 Å². The zero-order valence-corrected chi connectivity index (χ0v) is 11.6. The monoisotopic (exact) mass is 274 g/mol. The van der Waals surface area contributed by atoms with Crippen LogP contribution in [-0.4, -0.2) is 11.9 Å². The SMILES string of the molecule is C/C=C(N)\C(=C/C)C(=O)OC(=O)C1=CC=CCC=C1N. The Balaban J connectivity index is 2.88. The minimum Gasteiger partial charge on any atom is -0.398 e. The summed E-state index contributed by atoms with van der Waals surface area (Å²) in [5.74, 6) is -1.59. The molecule has 1 aliphatic rings. The van der Waals surface area contributed by atoms with Crippen LogP contribution in [0.2, 0.25) is 0 Å². The van der Waals surface area contributed by atoms with E-state index in [0.717, 1.165) is 0 Å². The molecule has 0 atom stereocenters. The summed E-state index contributed by atoms with van der Waals surface area (Å²) in [4.78, 5) is 23.8. The first-order valence-corrected chi connectivity index (χ1v) is 6.19. The van der Waals surface area contributed by atoms with Crippen LogP contribution in [0.5, 0.6) is 0 Å². The van der Waals surface area contributed by atoms with E-state index in [1.54, 1.807) is 32.1 Å². The average Bonchev–Trinajstić information content (AvgIpc) is 2.63. The Morgan fingerprint density at radius 3 is 2.60 bits per heavy atom. The normalized spacial score (nSPS) is 16.1. The lowest BCUT2D eigenvalue weighted by molar-refractivity contribution is -0.153. The summed E-state index contributed by atoms with van der Waals surface area (Å²) in [6, 6.07) is 0. The molecule has 0 aliphatic heterocycles. The number of carbonyl (C=O) groups excluding carboxylic acids is 2. The summed E-state index contributed by atoms with van der Waals surface area (Å²) in [6.07, 6.45) is 10.4. The molecule has 0 spiro atoms. The lowest BCUT2D eigenvalue weighted by Gasteiger charge is -2.08. The first-order valence-electron chi connectivity index (χ1n) is 6.19. The van der Waals surface area contributed by atoms with Crippen molar-refractivity contribution in [2.45, 2.75) is 20.3 Å². The molecular formula is C15H18N2O3. The Morgan fingerprint density at radius 2 is 2.00 bits per heavy atom. The fourth-order valence-electron chi connectivity index (χ4n) is 1.58. The molecule has 0 aromatic heterocycles. The van der Waals surface area contributed by atoms with Gasteiger partial charge in [0.25, 0.3) is 0 Å². The molecule has 5 heteroatoms. The molecule has 1 rings (SSSR count). The number of nitrogens with two attached hydrogens (primary N) is 2. The van der Waals surface area contributed by atoms with Crippen molar-refractivity contribution in [2.24, 2.45) is 11.5 Å². The van der Waals surface area contributed by atoms with Gasteiger partial charge in [-0.15, -0.1) is 0 Å². The molecule has 0 bridgehead atoms. The highest BCUT2D eigenvalue weighted by Gasteiger charge is 2.21. The highest BCUT2D eigenvalue weighted by Crippen LogP contribution is 2.14. The molecular weight excluding hydrogens is 256 g/mol. The molecule has 0 unspecified atom stereocenters. The molecule has 0 amide bonds. The third kappa shape index (κ3) is 3.71. The van der Waals surface area contributed by atoms with Crippen molar-refractivity contribution < 1.29 is 14.3 Å². The van der Waals surface area contributed by atoms with Gasteiger partial charge in [-0.25, -0.2) is 9.59 Å². The number of hydrogen-bond donors (Lipinski definition) is 2. The van der Waals surface area contributed by atoms with Crippen LogP contribution in [0.1, 0.15) is 20.3 Å². The van der Waals surface area contributed by atoms with Crippen LogP contribution in [0.4, 0.5) is 0 Å². The number of rotatable bonds is 3. The van der Waals surface area contributed by atoms with Crippen molar-refractivity contribution in [1.82, 2.24) is 0 Å². The van der Waals surface area contributed by atoms with Gasteiger partial charge in [-0.2, -0.15) is 0 Å². The van der Waals surface area contributed by atoms with Crippen molar-refractivity contribution in [3.63, 3.8) is 0 Å². The Hall–Kier alpha value is -2.56. The maximum absolute atomic E-state index is 11.9. The molecule has 20 heavy (non-hydrogen) atoms. The zero-order valence-electron chi connectivity index (χ0n) is 11.6. The molecule has 0 fully saturated rings. The molecule has 0 aromatic rings. The second kappa shape index (κ2) is 7.13. The summed E-state index contributed by atoms with van der Waals surface area (Å²) < 4.78 is 4.80. The van der Waals surface area contributed by atoms with E-state index >= 15 is 0 Å². The summed E-state index contributed by atoms with van der Waals surface area (Å²) >= 11 is 0. The van der Waals surface area contributed by atoms with Crippen molar-refractivity contribution in [1.29, 1.82) is 0 Å². The predicted octanol–water partition coefficient (Wildman–Crippen LogP) is 1.59. The standard InChI is InChI=1S/C15H18N2O3/c1-3-10(12(16)4-2)14(18)20-15(19)11-8-6-5-7-9-13(11)17/h3-6,8-9H,7,16-17H2,1-2H3/b10-3+,12-4+. The number of ether oxygens (including phenoxy) is 1. The summed E-state index contributed by atoms with van der Waals surface area (Å²) in [5, 5.41) is 0. The Bertz CT molecular complexity index is 564. The van der Waals surface area contributed by atoms with Crippen LogP contribution < -0.4 is 11.5 Å². The van der Waals surface area contributed by atoms with E-state index in [2.05, 4.69) is 0 Å². The second-order valence-electron chi connectivity index (χ2n) is 4.03. The largest absolute Gasteiger partial charge is 0.398 e. The fourth-order valence-corrected chi connectivity index (χ4v) is 1.58. The van der Waals surface area contributed by atoms with E-state index in [9.17, 15) is 9.59 Å². The van der Waals surface area contributed by atoms with Crippen LogP contribution in [-0.2, 0) is 14.3 Å². The number of esters is 2. The third-order valence-electron chi connectivity index (χ3n) is 2.72. The Labute approximate surface area is 118 Å². The highest BCUT2D eigenvalue weighted by molar-refractivity contribution is 6.05. The van der Waals surface area contributed by atoms with Crippen molar-refractivity contribution >= 4 is 11.9 Å². The van der Waals surface area contributed by atoms with E-state index in [1.807, 2.05) is 6.08 Å². The lowest BCUT2D eigenvalue weighted by Crippen LogP contribution is -2.21. The van der Waals surface area contributed by atoms with Gasteiger partial charge in [0.2, 0.25) is 0 Å². The maximum atomic E-state index is 11.9. The van der Waals surface area contributed by atoms with Crippen LogP contribution in [0.3, 0.4) is 0 Å². The average molecular weight is 274 g/mol. The predicted molar refractivity (Wildman–Crippen MR) is 76.9 cm³/mol. The molecule has 4 N–H and O–H groups in total. The smallest absolute Gasteiger partial charge is 0.348 e. The van der Waals surface area contributed by atoms with E-state index in [-0.39, 0.29) is 22.5 Å². The van der Waals surface area contributed by atoms with Gasteiger partial charge >= 0.3 is 11.9 Å². The zero-order chi connectivity index (χ0) is 15.1. The molecule has 0 aromatic carbocycles. The topological polar surface area (TPSA) is 95.4 Å². The third-order valence-corrected chi connectivity index (χ3v) is 2.72. The first-order chi connectivity index (χ1) is 9.51. The number of hydrogen-bond acceptors (Lipinski definition) is 5. The van der Waals surface area contributed by atoms with Gasteiger partial charge in [-0.1, -0.05) is 30.4 Å². The molecule has 0 saturated heterocycles. The Morgan fingerprint density at radius 1 is 1.30 bits per heavy atom. The molecule has 1 aliphatic carbocycles. The number of carbonyl (C=O) groups is 2. The van der Waals surface area contributed by atoms with Crippen LogP contribution in [0, 0.1) is 0 Å². The fraction of sp³-hybridized carbons (Fsp3) is 0.200. The molecule has 5 nitrogen and oxygen atoms in total. The van der Waals surface area contributed by atoms with Gasteiger partial charge in [0.15, 0.2) is 0 Å². The van der Waals surface area contributed by atoms with E-state index < -0.39 is 11.9 Å². The highest BCUT2D eigenvalue weighted by atomic mass is 16.6. The summed E-state index contributed by atoms with van der Waals surface area (Å²) in [5.41, 5.74) is 12.2. The second-order valence-corrected chi connectivity index (χ2v) is 4.03. The lowest BCUT2D eigenvalue weighted by atomic mass is 10.1.